The molecule has 0 bridgehead atoms. The van der Waals surface area contributed by atoms with Gasteiger partial charge >= 0.3 is 0 Å². The van der Waals surface area contributed by atoms with E-state index in [0.29, 0.717) is 6.54 Å². The van der Waals surface area contributed by atoms with Crippen LogP contribution in [0.2, 0.25) is 0 Å². The molecule has 1 fully saturated rings. The largest absolute Gasteiger partial charge is 0.497 e. The summed E-state index contributed by atoms with van der Waals surface area (Å²) in [4.78, 5) is 15.3. The summed E-state index contributed by atoms with van der Waals surface area (Å²) >= 11 is 0. The van der Waals surface area contributed by atoms with Crippen LogP contribution in [0.25, 0.3) is 12.2 Å². The van der Waals surface area contributed by atoms with E-state index in [1.54, 1.807) is 14.2 Å². The van der Waals surface area contributed by atoms with Crippen molar-refractivity contribution in [2.24, 2.45) is 0 Å². The molecule has 4 nitrogen and oxygen atoms in total. The summed E-state index contributed by atoms with van der Waals surface area (Å²) in [6.45, 7) is 1.50. The molecule has 0 radical (unpaired) electrons. The summed E-state index contributed by atoms with van der Waals surface area (Å²) in [5.41, 5.74) is 3.65. The summed E-state index contributed by atoms with van der Waals surface area (Å²) in [6.07, 6.45) is 4.70. The first-order valence-electron chi connectivity index (χ1n) is 9.01. The van der Waals surface area contributed by atoms with Crippen LogP contribution in [0.4, 0.5) is 0 Å². The topological polar surface area (TPSA) is 38.8 Å². The van der Waals surface area contributed by atoms with E-state index in [-0.39, 0.29) is 5.78 Å². The van der Waals surface area contributed by atoms with Crippen molar-refractivity contribution in [3.63, 3.8) is 0 Å². The Morgan fingerprint density at radius 1 is 0.815 bits per heavy atom. The molecule has 0 spiro atoms. The molecule has 1 aliphatic rings. The minimum absolute atomic E-state index is 0.117. The highest BCUT2D eigenvalue weighted by Crippen LogP contribution is 2.23. The number of methoxy groups -OCH3 is 2. The van der Waals surface area contributed by atoms with E-state index in [1.807, 2.05) is 67.7 Å². The molecule has 3 rings (SSSR count). The van der Waals surface area contributed by atoms with Gasteiger partial charge in [0.2, 0.25) is 0 Å². The van der Waals surface area contributed by atoms with Gasteiger partial charge in [0.15, 0.2) is 5.78 Å². The molecule has 0 saturated carbocycles. The maximum atomic E-state index is 13.1. The van der Waals surface area contributed by atoms with Crippen LogP contribution in [-0.4, -0.2) is 45.0 Å². The number of nitrogens with zero attached hydrogens (tertiary/aromatic N) is 1. The minimum atomic E-state index is 0.117. The van der Waals surface area contributed by atoms with Gasteiger partial charge in [0.25, 0.3) is 0 Å². The number of hydrogen-bond acceptors (Lipinski definition) is 4. The third kappa shape index (κ3) is 4.86. The van der Waals surface area contributed by atoms with Crippen molar-refractivity contribution < 1.29 is 14.3 Å². The first kappa shape index (κ1) is 18.9. The fourth-order valence-electron chi connectivity index (χ4n) is 3.12. The number of ether oxygens (including phenoxy) is 2. The van der Waals surface area contributed by atoms with Crippen molar-refractivity contribution in [2.45, 2.75) is 6.42 Å². The highest BCUT2D eigenvalue weighted by Gasteiger charge is 2.21. The van der Waals surface area contributed by atoms with E-state index in [9.17, 15) is 4.79 Å². The summed E-state index contributed by atoms with van der Waals surface area (Å²) < 4.78 is 10.4. The second kappa shape index (κ2) is 8.69. The first-order valence-corrected chi connectivity index (χ1v) is 9.01. The number of ketones is 1. The summed E-state index contributed by atoms with van der Waals surface area (Å²) in [5, 5.41) is 0. The van der Waals surface area contributed by atoms with Crippen LogP contribution < -0.4 is 9.47 Å². The van der Waals surface area contributed by atoms with Gasteiger partial charge in [-0.05, 0) is 61.0 Å². The Kier molecular flexibility index (Phi) is 6.09. The van der Waals surface area contributed by atoms with Crippen LogP contribution in [0.1, 0.15) is 17.5 Å². The second-order valence-electron chi connectivity index (χ2n) is 6.70. The number of rotatable bonds is 4. The molecule has 1 aliphatic heterocycles. The van der Waals surface area contributed by atoms with Crippen molar-refractivity contribution in [1.82, 2.24) is 4.90 Å². The van der Waals surface area contributed by atoms with E-state index in [4.69, 9.17) is 9.47 Å². The first-order chi connectivity index (χ1) is 13.1. The SMILES string of the molecule is COc1ccc(C=C2CCN(C)CC(=Cc3ccc(OC)cc3)C2=O)cc1. The van der Waals surface area contributed by atoms with Gasteiger partial charge in [-0.2, -0.15) is 0 Å². The van der Waals surface area contributed by atoms with Gasteiger partial charge < -0.3 is 14.4 Å². The summed E-state index contributed by atoms with van der Waals surface area (Å²) in [7, 11) is 5.34. The van der Waals surface area contributed by atoms with Crippen molar-refractivity contribution in [2.75, 3.05) is 34.4 Å². The van der Waals surface area contributed by atoms with Crippen LogP contribution >= 0.6 is 0 Å². The number of Topliss-reactive ketones (excluding diaryl/α,β-unsaturated/α-hetero) is 1. The normalized spacial score (nSPS) is 18.6. The third-order valence-electron chi connectivity index (χ3n) is 4.70. The van der Waals surface area contributed by atoms with Crippen LogP contribution in [0.15, 0.2) is 59.7 Å². The van der Waals surface area contributed by atoms with Crippen LogP contribution in [-0.2, 0) is 4.79 Å². The van der Waals surface area contributed by atoms with Crippen molar-refractivity contribution in [1.29, 1.82) is 0 Å². The zero-order chi connectivity index (χ0) is 19.2. The fraction of sp³-hybridized carbons (Fsp3) is 0.261. The van der Waals surface area contributed by atoms with Gasteiger partial charge in [0.1, 0.15) is 11.5 Å². The second-order valence-corrected chi connectivity index (χ2v) is 6.70. The summed E-state index contributed by atoms with van der Waals surface area (Å²) in [5.74, 6) is 1.73. The molecule has 0 N–H and O–H groups in total. The minimum Gasteiger partial charge on any atom is -0.497 e. The number of carbonyl (C=O) groups is 1. The molecule has 140 valence electrons. The summed E-state index contributed by atoms with van der Waals surface area (Å²) in [6, 6.07) is 15.5. The maximum absolute atomic E-state index is 13.1. The van der Waals surface area contributed by atoms with Crippen LogP contribution in [0.5, 0.6) is 11.5 Å². The quantitative estimate of drug-likeness (QED) is 0.768. The molecule has 0 atom stereocenters. The Balaban J connectivity index is 1.90. The lowest BCUT2D eigenvalue weighted by molar-refractivity contribution is -0.112. The Labute approximate surface area is 160 Å². The lowest BCUT2D eigenvalue weighted by Gasteiger charge is -2.12. The highest BCUT2D eigenvalue weighted by molar-refractivity contribution is 6.13. The molecule has 0 amide bonds. The number of likely N-dealkylation sites (tertiary alicyclic amines) is 1. The Bertz CT molecular complexity index is 848. The van der Waals surface area contributed by atoms with E-state index in [0.717, 1.165) is 46.7 Å². The van der Waals surface area contributed by atoms with Gasteiger partial charge in [-0.3, -0.25) is 4.79 Å². The lowest BCUT2D eigenvalue weighted by Crippen LogP contribution is -2.20. The van der Waals surface area contributed by atoms with E-state index in [1.165, 1.54) is 0 Å². The molecular formula is C23H25NO3. The number of likely N-dealkylation sites (N-methyl/N-ethyl adjacent to an activating group) is 1. The van der Waals surface area contributed by atoms with Crippen molar-refractivity contribution in [3.05, 3.63) is 70.8 Å². The predicted molar refractivity (Wildman–Crippen MR) is 109 cm³/mol. The van der Waals surface area contributed by atoms with Gasteiger partial charge in [-0.15, -0.1) is 0 Å². The average Bonchev–Trinajstić information content (AvgIpc) is 2.83. The lowest BCUT2D eigenvalue weighted by atomic mass is 9.98. The fourth-order valence-corrected chi connectivity index (χ4v) is 3.12. The molecule has 27 heavy (non-hydrogen) atoms. The van der Waals surface area contributed by atoms with Gasteiger partial charge in [0.05, 0.1) is 14.2 Å². The maximum Gasteiger partial charge on any atom is 0.186 e. The number of benzene rings is 2. The van der Waals surface area contributed by atoms with Crippen molar-refractivity contribution >= 4 is 17.9 Å². The average molecular weight is 363 g/mol. The van der Waals surface area contributed by atoms with Gasteiger partial charge in [-0.1, -0.05) is 24.3 Å². The standard InChI is InChI=1S/C23H25NO3/c1-24-13-12-19(14-17-4-8-21(26-2)9-5-17)23(25)20(16-24)15-18-6-10-22(27-3)11-7-18/h4-11,14-15H,12-13,16H2,1-3H3. The van der Waals surface area contributed by atoms with Crippen molar-refractivity contribution in [3.8, 4) is 11.5 Å². The van der Waals surface area contributed by atoms with Gasteiger partial charge in [-0.25, -0.2) is 0 Å². The monoisotopic (exact) mass is 363 g/mol. The molecule has 4 heteroatoms. The predicted octanol–water partition coefficient (Wildman–Crippen LogP) is 4.08. The smallest absolute Gasteiger partial charge is 0.186 e. The molecule has 1 saturated heterocycles. The molecule has 0 aliphatic carbocycles. The Hall–Kier alpha value is -2.85. The zero-order valence-electron chi connectivity index (χ0n) is 16.1. The molecule has 0 aromatic heterocycles. The molecule has 2 aromatic carbocycles. The van der Waals surface area contributed by atoms with E-state index in [2.05, 4.69) is 4.90 Å². The van der Waals surface area contributed by atoms with E-state index >= 15 is 0 Å². The zero-order valence-corrected chi connectivity index (χ0v) is 16.1. The Morgan fingerprint density at radius 2 is 1.30 bits per heavy atom. The number of carbonyl (C=O) groups excluding carboxylic acids is 1. The third-order valence-corrected chi connectivity index (χ3v) is 4.70. The van der Waals surface area contributed by atoms with Gasteiger partial charge in [0, 0.05) is 24.2 Å². The van der Waals surface area contributed by atoms with E-state index < -0.39 is 0 Å². The highest BCUT2D eigenvalue weighted by atomic mass is 16.5. The molecule has 1 heterocycles. The van der Waals surface area contributed by atoms with Crippen LogP contribution in [0, 0.1) is 0 Å². The molecule has 2 aromatic rings. The van der Waals surface area contributed by atoms with Crippen LogP contribution in [0.3, 0.4) is 0 Å². The molecular weight excluding hydrogens is 338 g/mol. The number of hydrogen-bond donors (Lipinski definition) is 0. The molecule has 0 unspecified atom stereocenters. The Morgan fingerprint density at radius 3 is 1.78 bits per heavy atom.